The summed E-state index contributed by atoms with van der Waals surface area (Å²) in [6.45, 7) is -6.01. The van der Waals surface area contributed by atoms with Gasteiger partial charge in [0.1, 0.15) is 0 Å². The van der Waals surface area contributed by atoms with Crippen molar-refractivity contribution in [3.63, 3.8) is 0 Å². The van der Waals surface area contributed by atoms with Crippen LogP contribution in [0, 0.1) is 0 Å². The standard InChI is InChI=1S/C20H16F4N2O2S/c21-19(22)27-17-8-5-15(10-18(17)28-20(23)24)26(12-13-2-1-9-25-11-13)14-3-6-16(29)7-4-14/h1-11,19-20,29H,12H2. The molecule has 0 spiro atoms. The molecule has 2 aromatic carbocycles. The fourth-order valence-corrected chi connectivity index (χ4v) is 2.83. The van der Waals surface area contributed by atoms with Gasteiger partial charge in [0.2, 0.25) is 0 Å². The smallest absolute Gasteiger partial charge is 0.387 e. The second-order valence-electron chi connectivity index (χ2n) is 5.85. The highest BCUT2D eigenvalue weighted by Gasteiger charge is 2.18. The second-order valence-corrected chi connectivity index (χ2v) is 6.37. The van der Waals surface area contributed by atoms with Crippen LogP contribution in [0.2, 0.25) is 0 Å². The summed E-state index contributed by atoms with van der Waals surface area (Å²) < 4.78 is 59.5. The van der Waals surface area contributed by atoms with Crippen LogP contribution in [0.1, 0.15) is 5.56 Å². The van der Waals surface area contributed by atoms with E-state index in [0.717, 1.165) is 16.1 Å². The zero-order valence-corrected chi connectivity index (χ0v) is 15.8. The van der Waals surface area contributed by atoms with Crippen molar-refractivity contribution >= 4 is 24.0 Å². The molecule has 3 rings (SSSR count). The van der Waals surface area contributed by atoms with E-state index in [1.165, 1.54) is 18.2 Å². The SMILES string of the molecule is FC(F)Oc1ccc(N(Cc2cccnc2)c2ccc(S)cc2)cc1OC(F)F. The third-order valence-corrected chi connectivity index (χ3v) is 4.19. The maximum Gasteiger partial charge on any atom is 0.387 e. The van der Waals surface area contributed by atoms with Crippen molar-refractivity contribution < 1.29 is 27.0 Å². The molecule has 9 heteroatoms. The summed E-state index contributed by atoms with van der Waals surface area (Å²) in [6.07, 6.45) is 3.30. The molecule has 29 heavy (non-hydrogen) atoms. The molecule has 0 fully saturated rings. The molecule has 4 nitrogen and oxygen atoms in total. The topological polar surface area (TPSA) is 34.6 Å². The average Bonchev–Trinajstić information content (AvgIpc) is 2.68. The highest BCUT2D eigenvalue weighted by Crippen LogP contribution is 2.37. The van der Waals surface area contributed by atoms with Gasteiger partial charge in [-0.15, -0.1) is 12.6 Å². The van der Waals surface area contributed by atoms with E-state index in [1.54, 1.807) is 47.6 Å². The monoisotopic (exact) mass is 424 g/mol. The van der Waals surface area contributed by atoms with Gasteiger partial charge in [0.25, 0.3) is 0 Å². The Labute approximate surface area is 170 Å². The zero-order valence-electron chi connectivity index (χ0n) is 14.9. The number of benzene rings is 2. The second kappa shape index (κ2) is 9.51. The number of pyridine rings is 1. The highest BCUT2D eigenvalue weighted by molar-refractivity contribution is 7.80. The lowest BCUT2D eigenvalue weighted by Crippen LogP contribution is -2.17. The molecule has 1 heterocycles. The van der Waals surface area contributed by atoms with E-state index in [-0.39, 0.29) is 0 Å². The number of halogens is 4. The summed E-state index contributed by atoms with van der Waals surface area (Å²) in [4.78, 5) is 6.62. The first-order chi connectivity index (χ1) is 13.9. The first-order valence-corrected chi connectivity index (χ1v) is 8.86. The average molecular weight is 424 g/mol. The Morgan fingerprint density at radius 3 is 2.14 bits per heavy atom. The molecule has 0 unspecified atom stereocenters. The number of alkyl halides is 4. The molecule has 0 amide bonds. The quantitative estimate of drug-likeness (QED) is 0.360. The number of hydrogen-bond acceptors (Lipinski definition) is 5. The number of rotatable bonds is 8. The van der Waals surface area contributed by atoms with Crippen molar-refractivity contribution in [1.82, 2.24) is 4.98 Å². The van der Waals surface area contributed by atoms with Crippen LogP contribution < -0.4 is 14.4 Å². The summed E-state index contributed by atoms with van der Waals surface area (Å²) in [7, 11) is 0. The lowest BCUT2D eigenvalue weighted by atomic mass is 10.2. The van der Waals surface area contributed by atoms with Crippen molar-refractivity contribution in [3.8, 4) is 11.5 Å². The molecule has 0 saturated heterocycles. The third kappa shape index (κ3) is 5.77. The first-order valence-electron chi connectivity index (χ1n) is 8.41. The van der Waals surface area contributed by atoms with E-state index < -0.39 is 24.7 Å². The molecule has 0 saturated carbocycles. The molecule has 0 aliphatic heterocycles. The molecule has 0 aliphatic carbocycles. The van der Waals surface area contributed by atoms with Gasteiger partial charge in [-0.25, -0.2) is 0 Å². The van der Waals surface area contributed by atoms with Gasteiger partial charge < -0.3 is 14.4 Å². The predicted molar refractivity (Wildman–Crippen MR) is 103 cm³/mol. The molecule has 0 atom stereocenters. The van der Waals surface area contributed by atoms with Gasteiger partial charge in [0.05, 0.1) is 0 Å². The lowest BCUT2D eigenvalue weighted by Gasteiger charge is -2.26. The fourth-order valence-electron chi connectivity index (χ4n) is 2.68. The van der Waals surface area contributed by atoms with Gasteiger partial charge in [-0.3, -0.25) is 4.98 Å². The van der Waals surface area contributed by atoms with E-state index in [1.807, 2.05) is 6.07 Å². The number of anilines is 2. The van der Waals surface area contributed by atoms with Gasteiger partial charge in [-0.2, -0.15) is 17.6 Å². The molecular formula is C20H16F4N2O2S. The summed E-state index contributed by atoms with van der Waals surface area (Å²) >= 11 is 4.27. The number of hydrogen-bond donors (Lipinski definition) is 1. The number of aromatic nitrogens is 1. The van der Waals surface area contributed by atoms with E-state index in [2.05, 4.69) is 27.1 Å². The van der Waals surface area contributed by atoms with E-state index in [9.17, 15) is 17.6 Å². The Hall–Kier alpha value is -2.94. The normalized spacial score (nSPS) is 11.0. The third-order valence-electron chi connectivity index (χ3n) is 3.90. The maximum absolute atomic E-state index is 12.8. The number of ether oxygens (including phenoxy) is 2. The van der Waals surface area contributed by atoms with Crippen LogP contribution >= 0.6 is 12.6 Å². The minimum absolute atomic E-state index is 0.350. The van der Waals surface area contributed by atoms with E-state index >= 15 is 0 Å². The molecule has 0 N–H and O–H groups in total. The van der Waals surface area contributed by atoms with Crippen molar-refractivity contribution in [2.24, 2.45) is 0 Å². The summed E-state index contributed by atoms with van der Waals surface area (Å²) in [5, 5.41) is 0. The largest absolute Gasteiger partial charge is 0.431 e. The van der Waals surface area contributed by atoms with E-state index in [0.29, 0.717) is 12.2 Å². The van der Waals surface area contributed by atoms with Crippen LogP contribution in [0.25, 0.3) is 0 Å². The van der Waals surface area contributed by atoms with Crippen molar-refractivity contribution in [1.29, 1.82) is 0 Å². The molecule has 152 valence electrons. The maximum atomic E-state index is 12.8. The van der Waals surface area contributed by atoms with Crippen LogP contribution in [-0.2, 0) is 6.54 Å². The molecule has 0 bridgehead atoms. The molecule has 0 radical (unpaired) electrons. The van der Waals surface area contributed by atoms with Crippen LogP contribution in [0.4, 0.5) is 28.9 Å². The summed E-state index contributed by atoms with van der Waals surface area (Å²) in [5.74, 6) is -0.962. The van der Waals surface area contributed by atoms with Crippen LogP contribution in [0.15, 0.2) is 71.9 Å². The van der Waals surface area contributed by atoms with Gasteiger partial charge in [0.15, 0.2) is 11.5 Å². The molecule has 1 aromatic heterocycles. The van der Waals surface area contributed by atoms with Gasteiger partial charge in [-0.05, 0) is 48.0 Å². The fraction of sp³-hybridized carbons (Fsp3) is 0.150. The molecule has 3 aromatic rings. The minimum atomic E-state index is -3.19. The number of nitrogens with zero attached hydrogens (tertiary/aromatic N) is 2. The van der Waals surface area contributed by atoms with Gasteiger partial charge in [-0.1, -0.05) is 6.07 Å². The van der Waals surface area contributed by atoms with Crippen LogP contribution in [0.3, 0.4) is 0 Å². The van der Waals surface area contributed by atoms with Gasteiger partial charge in [0, 0.05) is 41.3 Å². The summed E-state index contributed by atoms with van der Waals surface area (Å²) in [5.41, 5.74) is 2.03. The Kier molecular flexibility index (Phi) is 6.82. The Bertz CT molecular complexity index is 928. The number of thiol groups is 1. The Morgan fingerprint density at radius 2 is 1.52 bits per heavy atom. The lowest BCUT2D eigenvalue weighted by molar-refractivity contribution is -0.0692. The van der Waals surface area contributed by atoms with Crippen molar-refractivity contribution in [2.45, 2.75) is 24.7 Å². The van der Waals surface area contributed by atoms with Crippen molar-refractivity contribution in [3.05, 3.63) is 72.6 Å². The highest BCUT2D eigenvalue weighted by atomic mass is 32.1. The molecule has 0 aliphatic rings. The molecular weight excluding hydrogens is 408 g/mol. The van der Waals surface area contributed by atoms with Gasteiger partial charge >= 0.3 is 13.2 Å². The first kappa shape index (κ1) is 20.8. The summed E-state index contributed by atoms with van der Waals surface area (Å²) in [6, 6.07) is 14.7. The predicted octanol–water partition coefficient (Wildman–Crippen LogP) is 5.91. The Balaban J connectivity index is 2.02. The zero-order chi connectivity index (χ0) is 20.8. The van der Waals surface area contributed by atoms with Crippen LogP contribution in [0.5, 0.6) is 11.5 Å². The van der Waals surface area contributed by atoms with Crippen LogP contribution in [-0.4, -0.2) is 18.2 Å². The Morgan fingerprint density at radius 1 is 0.862 bits per heavy atom. The van der Waals surface area contributed by atoms with Crippen molar-refractivity contribution in [2.75, 3.05) is 4.90 Å². The van der Waals surface area contributed by atoms with E-state index in [4.69, 9.17) is 0 Å². The minimum Gasteiger partial charge on any atom is -0.431 e.